The van der Waals surface area contributed by atoms with Gasteiger partial charge in [-0.2, -0.15) is 0 Å². The van der Waals surface area contributed by atoms with Gasteiger partial charge < -0.3 is 15.2 Å². The first-order chi connectivity index (χ1) is 8.24. The van der Waals surface area contributed by atoms with Gasteiger partial charge in [0, 0.05) is 13.0 Å². The molecule has 0 radical (unpaired) electrons. The van der Waals surface area contributed by atoms with Crippen LogP contribution < -0.4 is 5.32 Å². The van der Waals surface area contributed by atoms with E-state index >= 15 is 0 Å². The molecule has 2 N–H and O–H groups in total. The number of hydrogen-bond acceptors (Lipinski definition) is 3. The van der Waals surface area contributed by atoms with Crippen LogP contribution in [0.15, 0.2) is 0 Å². The third-order valence-electron chi connectivity index (χ3n) is 4.20. The van der Waals surface area contributed by atoms with Crippen molar-refractivity contribution in [2.75, 3.05) is 13.1 Å². The third-order valence-corrected chi connectivity index (χ3v) is 4.20. The van der Waals surface area contributed by atoms with E-state index in [-0.39, 0.29) is 11.7 Å². The minimum atomic E-state index is -0.247. The van der Waals surface area contributed by atoms with Gasteiger partial charge in [0.05, 0.1) is 17.8 Å². The van der Waals surface area contributed by atoms with Crippen LogP contribution in [0.1, 0.15) is 58.3 Å². The normalized spacial score (nSPS) is 28.9. The fraction of sp³-hybridized carbons (Fsp3) is 1.00. The van der Waals surface area contributed by atoms with Crippen LogP contribution in [0.5, 0.6) is 0 Å². The van der Waals surface area contributed by atoms with E-state index in [1.165, 1.54) is 32.1 Å². The number of ether oxygens (including phenoxy) is 1. The van der Waals surface area contributed by atoms with Crippen molar-refractivity contribution in [3.8, 4) is 0 Å². The molecule has 3 heteroatoms. The van der Waals surface area contributed by atoms with Gasteiger partial charge in [0.15, 0.2) is 0 Å². The SMILES string of the molecule is CCCNCC(O)CC1CCC2(CCCC2)O1. The van der Waals surface area contributed by atoms with Gasteiger partial charge in [-0.1, -0.05) is 19.8 Å². The predicted molar refractivity (Wildman–Crippen MR) is 69.1 cm³/mol. The average Bonchev–Trinajstić information content (AvgIpc) is 2.91. The summed E-state index contributed by atoms with van der Waals surface area (Å²) in [4.78, 5) is 0. The summed E-state index contributed by atoms with van der Waals surface area (Å²) in [5, 5.41) is 13.2. The van der Waals surface area contributed by atoms with Gasteiger partial charge in [-0.15, -0.1) is 0 Å². The van der Waals surface area contributed by atoms with Crippen molar-refractivity contribution in [3.05, 3.63) is 0 Å². The molecule has 2 fully saturated rings. The lowest BCUT2D eigenvalue weighted by Gasteiger charge is -2.24. The first-order valence-electron chi connectivity index (χ1n) is 7.31. The summed E-state index contributed by atoms with van der Waals surface area (Å²) in [5.74, 6) is 0. The van der Waals surface area contributed by atoms with Crippen molar-refractivity contribution in [3.63, 3.8) is 0 Å². The maximum absolute atomic E-state index is 9.92. The van der Waals surface area contributed by atoms with E-state index in [1.54, 1.807) is 0 Å². The molecule has 100 valence electrons. The Hall–Kier alpha value is -0.120. The molecule has 2 rings (SSSR count). The molecule has 0 amide bonds. The average molecular weight is 241 g/mol. The second-order valence-corrected chi connectivity index (χ2v) is 5.76. The van der Waals surface area contributed by atoms with Gasteiger partial charge in [0.25, 0.3) is 0 Å². The summed E-state index contributed by atoms with van der Waals surface area (Å²) in [5.41, 5.74) is 0.210. The largest absolute Gasteiger partial charge is 0.392 e. The van der Waals surface area contributed by atoms with E-state index in [0.29, 0.717) is 12.6 Å². The molecule has 0 aromatic heterocycles. The first-order valence-corrected chi connectivity index (χ1v) is 7.31. The van der Waals surface area contributed by atoms with Crippen molar-refractivity contribution >= 4 is 0 Å². The number of nitrogens with one attached hydrogen (secondary N) is 1. The van der Waals surface area contributed by atoms with Gasteiger partial charge in [0.1, 0.15) is 0 Å². The summed E-state index contributed by atoms with van der Waals surface area (Å²) >= 11 is 0. The Bertz CT molecular complexity index is 226. The van der Waals surface area contributed by atoms with Crippen LogP contribution in [0.3, 0.4) is 0 Å². The Morgan fingerprint density at radius 1 is 1.35 bits per heavy atom. The standard InChI is InChI=1S/C14H27NO2/c1-2-9-15-11-12(16)10-13-5-8-14(17-13)6-3-4-7-14/h12-13,15-16H,2-11H2,1H3. The molecule has 1 spiro atoms. The maximum Gasteiger partial charge on any atom is 0.0689 e. The minimum absolute atomic E-state index is 0.210. The summed E-state index contributed by atoms with van der Waals surface area (Å²) in [6.45, 7) is 3.84. The van der Waals surface area contributed by atoms with Crippen LogP contribution in [0.4, 0.5) is 0 Å². The summed E-state index contributed by atoms with van der Waals surface area (Å²) in [6.07, 6.45) is 9.48. The zero-order valence-corrected chi connectivity index (χ0v) is 11.1. The third kappa shape index (κ3) is 3.67. The van der Waals surface area contributed by atoms with Crippen molar-refractivity contribution in [2.45, 2.75) is 76.1 Å². The van der Waals surface area contributed by atoms with Crippen LogP contribution in [0.2, 0.25) is 0 Å². The van der Waals surface area contributed by atoms with Crippen molar-refractivity contribution < 1.29 is 9.84 Å². The second-order valence-electron chi connectivity index (χ2n) is 5.76. The Kier molecular flexibility index (Phi) is 4.83. The molecular weight excluding hydrogens is 214 g/mol. The van der Waals surface area contributed by atoms with E-state index < -0.39 is 0 Å². The highest BCUT2D eigenvalue weighted by molar-refractivity contribution is 4.93. The van der Waals surface area contributed by atoms with Crippen molar-refractivity contribution in [2.24, 2.45) is 0 Å². The lowest BCUT2D eigenvalue weighted by Crippen LogP contribution is -2.32. The fourth-order valence-electron chi connectivity index (χ4n) is 3.28. The fourth-order valence-corrected chi connectivity index (χ4v) is 3.28. The Morgan fingerprint density at radius 2 is 2.12 bits per heavy atom. The molecular formula is C14H27NO2. The molecule has 1 aliphatic heterocycles. The number of aliphatic hydroxyl groups is 1. The van der Waals surface area contributed by atoms with Gasteiger partial charge in [-0.05, 0) is 38.6 Å². The molecule has 3 nitrogen and oxygen atoms in total. The minimum Gasteiger partial charge on any atom is -0.392 e. The highest BCUT2D eigenvalue weighted by Gasteiger charge is 2.42. The Labute approximate surface area is 105 Å². The smallest absolute Gasteiger partial charge is 0.0689 e. The van der Waals surface area contributed by atoms with E-state index in [0.717, 1.165) is 25.8 Å². The van der Waals surface area contributed by atoms with Gasteiger partial charge in [-0.3, -0.25) is 0 Å². The summed E-state index contributed by atoms with van der Waals surface area (Å²) in [7, 11) is 0. The highest BCUT2D eigenvalue weighted by Crippen LogP contribution is 2.44. The highest BCUT2D eigenvalue weighted by atomic mass is 16.5. The predicted octanol–water partition coefficient (Wildman–Crippen LogP) is 2.23. The lowest BCUT2D eigenvalue weighted by atomic mass is 9.98. The van der Waals surface area contributed by atoms with E-state index in [2.05, 4.69) is 12.2 Å². The van der Waals surface area contributed by atoms with Crippen LogP contribution in [-0.4, -0.2) is 36.0 Å². The van der Waals surface area contributed by atoms with E-state index in [9.17, 15) is 5.11 Å². The quantitative estimate of drug-likeness (QED) is 0.701. The van der Waals surface area contributed by atoms with Crippen LogP contribution >= 0.6 is 0 Å². The molecule has 0 aromatic rings. The zero-order valence-electron chi connectivity index (χ0n) is 11.1. The second kappa shape index (κ2) is 6.17. The van der Waals surface area contributed by atoms with Crippen molar-refractivity contribution in [1.82, 2.24) is 5.32 Å². The Balaban J connectivity index is 1.66. The molecule has 2 unspecified atom stereocenters. The van der Waals surface area contributed by atoms with E-state index in [4.69, 9.17) is 4.74 Å². The number of aliphatic hydroxyl groups excluding tert-OH is 1. The van der Waals surface area contributed by atoms with Crippen LogP contribution in [0.25, 0.3) is 0 Å². The molecule has 0 bridgehead atoms. The number of rotatable bonds is 6. The molecule has 2 atom stereocenters. The monoisotopic (exact) mass is 241 g/mol. The van der Waals surface area contributed by atoms with E-state index in [1.807, 2.05) is 0 Å². The molecule has 1 saturated carbocycles. The van der Waals surface area contributed by atoms with Gasteiger partial charge in [0.2, 0.25) is 0 Å². The lowest BCUT2D eigenvalue weighted by molar-refractivity contribution is -0.0518. The Morgan fingerprint density at radius 3 is 2.82 bits per heavy atom. The summed E-state index contributed by atoms with van der Waals surface area (Å²) in [6, 6.07) is 0. The first kappa shape index (κ1) is 13.3. The molecule has 1 heterocycles. The topological polar surface area (TPSA) is 41.5 Å². The maximum atomic E-state index is 9.92. The molecule has 1 aliphatic carbocycles. The van der Waals surface area contributed by atoms with Crippen molar-refractivity contribution in [1.29, 1.82) is 0 Å². The van der Waals surface area contributed by atoms with Gasteiger partial charge >= 0.3 is 0 Å². The summed E-state index contributed by atoms with van der Waals surface area (Å²) < 4.78 is 6.20. The molecule has 1 saturated heterocycles. The zero-order chi connectivity index (χ0) is 12.1. The van der Waals surface area contributed by atoms with Crippen LogP contribution in [0, 0.1) is 0 Å². The number of hydrogen-bond donors (Lipinski definition) is 2. The molecule has 0 aromatic carbocycles. The van der Waals surface area contributed by atoms with Gasteiger partial charge in [-0.25, -0.2) is 0 Å². The molecule has 17 heavy (non-hydrogen) atoms. The molecule has 2 aliphatic rings. The van der Waals surface area contributed by atoms with Crippen LogP contribution in [-0.2, 0) is 4.74 Å².